The summed E-state index contributed by atoms with van der Waals surface area (Å²) in [5, 5.41) is 9.05. The summed E-state index contributed by atoms with van der Waals surface area (Å²) in [6, 6.07) is 8.26. The lowest BCUT2D eigenvalue weighted by molar-refractivity contribution is 0.400. The Labute approximate surface area is 115 Å². The van der Waals surface area contributed by atoms with Crippen molar-refractivity contribution in [2.75, 3.05) is 7.11 Å². The van der Waals surface area contributed by atoms with Crippen LogP contribution < -0.4 is 4.74 Å². The first-order valence-electron chi connectivity index (χ1n) is 5.26. The molecule has 0 aliphatic heterocycles. The number of nitrogens with zero attached hydrogens (tertiary/aromatic N) is 2. The first-order valence-corrected chi connectivity index (χ1v) is 7.52. The zero-order valence-electron chi connectivity index (χ0n) is 10.2. The number of methoxy groups -OCH3 is 1. The molecule has 0 amide bonds. The van der Waals surface area contributed by atoms with Gasteiger partial charge in [0, 0.05) is 0 Å². The largest absolute Gasteiger partial charge is 0.479 e. The molecule has 1 aromatic carbocycles. The molecule has 0 aliphatic carbocycles. The SMILES string of the molecule is COc1nsc(S(=O)(=O)c2ccc(C)cc2)c1C#N. The van der Waals surface area contributed by atoms with Gasteiger partial charge in [0.05, 0.1) is 12.0 Å². The summed E-state index contributed by atoms with van der Waals surface area (Å²) >= 11 is 0.746. The average molecular weight is 294 g/mol. The monoisotopic (exact) mass is 294 g/mol. The summed E-state index contributed by atoms with van der Waals surface area (Å²) in [6.45, 7) is 1.87. The Morgan fingerprint density at radius 2 is 1.95 bits per heavy atom. The van der Waals surface area contributed by atoms with Crippen LogP contribution in [0.15, 0.2) is 33.4 Å². The van der Waals surface area contributed by atoms with Crippen molar-refractivity contribution < 1.29 is 13.2 Å². The van der Waals surface area contributed by atoms with Gasteiger partial charge in [0.1, 0.15) is 11.6 Å². The van der Waals surface area contributed by atoms with Crippen LogP contribution in [-0.4, -0.2) is 19.9 Å². The normalized spacial score (nSPS) is 11.0. The van der Waals surface area contributed by atoms with E-state index in [2.05, 4.69) is 4.37 Å². The number of hydrogen-bond acceptors (Lipinski definition) is 6. The molecule has 7 heteroatoms. The third-order valence-corrected chi connectivity index (χ3v) is 5.60. The number of nitriles is 1. The molecule has 0 saturated heterocycles. The number of hydrogen-bond donors (Lipinski definition) is 0. The van der Waals surface area contributed by atoms with Gasteiger partial charge in [-0.15, -0.1) is 0 Å². The molecule has 98 valence electrons. The quantitative estimate of drug-likeness (QED) is 0.866. The topological polar surface area (TPSA) is 80.0 Å². The van der Waals surface area contributed by atoms with Crippen molar-refractivity contribution in [1.29, 1.82) is 5.26 Å². The number of sulfone groups is 1. The Kier molecular flexibility index (Phi) is 3.55. The van der Waals surface area contributed by atoms with Crippen LogP contribution in [0.1, 0.15) is 11.1 Å². The fourth-order valence-electron chi connectivity index (χ4n) is 1.50. The van der Waals surface area contributed by atoms with Gasteiger partial charge in [-0.1, -0.05) is 17.7 Å². The minimum Gasteiger partial charge on any atom is -0.479 e. The minimum absolute atomic E-state index is 0.0400. The molecule has 1 heterocycles. The van der Waals surface area contributed by atoms with E-state index in [0.29, 0.717) is 0 Å². The van der Waals surface area contributed by atoms with Crippen LogP contribution in [0.3, 0.4) is 0 Å². The Balaban J connectivity index is 2.61. The highest BCUT2D eigenvalue weighted by Crippen LogP contribution is 2.32. The molecule has 0 fully saturated rings. The van der Waals surface area contributed by atoms with E-state index in [4.69, 9.17) is 10.00 Å². The van der Waals surface area contributed by atoms with E-state index in [1.165, 1.54) is 19.2 Å². The third kappa shape index (κ3) is 2.32. The third-order valence-electron chi connectivity index (χ3n) is 2.51. The van der Waals surface area contributed by atoms with Gasteiger partial charge in [0.15, 0.2) is 4.21 Å². The van der Waals surface area contributed by atoms with Crippen molar-refractivity contribution in [3.8, 4) is 11.9 Å². The second-order valence-corrected chi connectivity index (χ2v) is 6.70. The van der Waals surface area contributed by atoms with Crippen molar-refractivity contribution in [1.82, 2.24) is 4.37 Å². The Bertz CT molecular complexity index is 740. The fraction of sp³-hybridized carbons (Fsp3) is 0.167. The number of aromatic nitrogens is 1. The molecule has 5 nitrogen and oxygen atoms in total. The first kappa shape index (κ1) is 13.5. The van der Waals surface area contributed by atoms with Crippen LogP contribution in [0.2, 0.25) is 0 Å². The van der Waals surface area contributed by atoms with E-state index in [-0.39, 0.29) is 20.5 Å². The average Bonchev–Trinajstić information content (AvgIpc) is 2.82. The van der Waals surface area contributed by atoms with Crippen LogP contribution in [0.5, 0.6) is 5.88 Å². The Hall–Kier alpha value is -1.91. The first-order chi connectivity index (χ1) is 9.00. The molecule has 1 aromatic heterocycles. The van der Waals surface area contributed by atoms with Gasteiger partial charge < -0.3 is 4.74 Å². The van der Waals surface area contributed by atoms with Crippen molar-refractivity contribution in [3.05, 3.63) is 35.4 Å². The molecular formula is C12H10N2O3S2. The van der Waals surface area contributed by atoms with Gasteiger partial charge >= 0.3 is 0 Å². The van der Waals surface area contributed by atoms with Crippen molar-refractivity contribution >= 4 is 21.4 Å². The molecule has 0 unspecified atom stereocenters. The zero-order chi connectivity index (χ0) is 14.0. The maximum absolute atomic E-state index is 12.4. The standard InChI is InChI=1S/C12H10N2O3S2/c1-8-3-5-9(6-4-8)19(15,16)12-10(7-13)11(17-2)14-18-12/h3-6H,1-2H3. The van der Waals surface area contributed by atoms with E-state index >= 15 is 0 Å². The summed E-state index contributed by atoms with van der Waals surface area (Å²) in [7, 11) is -2.39. The molecule has 0 bridgehead atoms. The molecule has 19 heavy (non-hydrogen) atoms. The van der Waals surface area contributed by atoms with Crippen LogP contribution in [-0.2, 0) is 9.84 Å². The molecule has 0 N–H and O–H groups in total. The summed E-state index contributed by atoms with van der Waals surface area (Å²) in [6.07, 6.45) is 0. The van der Waals surface area contributed by atoms with E-state index in [0.717, 1.165) is 17.1 Å². The molecule has 0 saturated carbocycles. The minimum atomic E-state index is -3.73. The van der Waals surface area contributed by atoms with Crippen molar-refractivity contribution in [2.45, 2.75) is 16.0 Å². The summed E-state index contributed by atoms with van der Waals surface area (Å²) in [4.78, 5) is 0.140. The molecule has 0 radical (unpaired) electrons. The highest BCUT2D eigenvalue weighted by Gasteiger charge is 2.27. The summed E-state index contributed by atoms with van der Waals surface area (Å²) in [5.41, 5.74) is 0.911. The Morgan fingerprint density at radius 1 is 1.32 bits per heavy atom. The summed E-state index contributed by atoms with van der Waals surface area (Å²) < 4.78 is 33.5. The smallest absolute Gasteiger partial charge is 0.244 e. The lowest BCUT2D eigenvalue weighted by atomic mass is 10.2. The van der Waals surface area contributed by atoms with Crippen molar-refractivity contribution in [2.24, 2.45) is 0 Å². The van der Waals surface area contributed by atoms with Gasteiger partial charge in [-0.25, -0.2) is 8.42 Å². The van der Waals surface area contributed by atoms with E-state index in [1.807, 2.05) is 13.0 Å². The van der Waals surface area contributed by atoms with E-state index in [1.54, 1.807) is 12.1 Å². The fourth-order valence-corrected chi connectivity index (χ4v) is 3.96. The lowest BCUT2D eigenvalue weighted by Crippen LogP contribution is -2.02. The molecule has 0 atom stereocenters. The second-order valence-electron chi connectivity index (χ2n) is 3.78. The number of benzene rings is 1. The Morgan fingerprint density at radius 3 is 2.47 bits per heavy atom. The maximum atomic E-state index is 12.4. The number of ether oxygens (including phenoxy) is 1. The maximum Gasteiger partial charge on any atom is 0.244 e. The molecule has 0 spiro atoms. The van der Waals surface area contributed by atoms with Crippen molar-refractivity contribution in [3.63, 3.8) is 0 Å². The predicted molar refractivity (Wildman–Crippen MR) is 70.0 cm³/mol. The highest BCUT2D eigenvalue weighted by atomic mass is 32.2. The van der Waals surface area contributed by atoms with E-state index < -0.39 is 9.84 Å². The lowest BCUT2D eigenvalue weighted by Gasteiger charge is -2.02. The molecule has 2 rings (SSSR count). The van der Waals surface area contributed by atoms with E-state index in [9.17, 15) is 8.42 Å². The molecule has 0 aliphatic rings. The van der Waals surface area contributed by atoms with Crippen LogP contribution in [0.4, 0.5) is 0 Å². The number of aryl methyl sites for hydroxylation is 1. The zero-order valence-corrected chi connectivity index (χ0v) is 11.9. The predicted octanol–water partition coefficient (Wildman–Crippen LogP) is 2.16. The van der Waals surface area contributed by atoms with Crippen LogP contribution >= 0.6 is 11.5 Å². The molecule has 2 aromatic rings. The van der Waals surface area contributed by atoms with Gasteiger partial charge in [-0.3, -0.25) is 0 Å². The highest BCUT2D eigenvalue weighted by molar-refractivity contribution is 7.93. The molecular weight excluding hydrogens is 284 g/mol. The van der Waals surface area contributed by atoms with Gasteiger partial charge in [0.25, 0.3) is 0 Å². The van der Waals surface area contributed by atoms with Crippen LogP contribution in [0.25, 0.3) is 0 Å². The van der Waals surface area contributed by atoms with Gasteiger partial charge in [0.2, 0.25) is 15.7 Å². The number of rotatable bonds is 3. The summed E-state index contributed by atoms with van der Waals surface area (Å²) in [5.74, 6) is 0.0400. The van der Waals surface area contributed by atoms with Gasteiger partial charge in [-0.2, -0.15) is 9.64 Å². The van der Waals surface area contributed by atoms with Gasteiger partial charge in [-0.05, 0) is 30.6 Å². The second kappa shape index (κ2) is 4.99. The van der Waals surface area contributed by atoms with Crippen LogP contribution in [0, 0.1) is 18.3 Å².